The molecule has 0 bridgehead atoms. The molecule has 1 aromatic heterocycles. The highest BCUT2D eigenvalue weighted by molar-refractivity contribution is 5.82. The summed E-state index contributed by atoms with van der Waals surface area (Å²) in [5.74, 6) is 0.998. The zero-order chi connectivity index (χ0) is 18.1. The monoisotopic (exact) mass is 341 g/mol. The van der Waals surface area contributed by atoms with Crippen LogP contribution in [-0.4, -0.2) is 9.55 Å². The van der Waals surface area contributed by atoms with E-state index < -0.39 is 0 Å². The van der Waals surface area contributed by atoms with Gasteiger partial charge >= 0.3 is 0 Å². The van der Waals surface area contributed by atoms with Gasteiger partial charge in [0.15, 0.2) is 0 Å². The Hall–Kier alpha value is -2.91. The van der Waals surface area contributed by atoms with Crippen LogP contribution in [-0.2, 0) is 13.1 Å². The minimum atomic E-state index is 0.555. The summed E-state index contributed by atoms with van der Waals surface area (Å²) in [6, 6.07) is 23.4. The lowest BCUT2D eigenvalue weighted by molar-refractivity contribution is 0.834. The molecule has 0 saturated carbocycles. The second-order valence-corrected chi connectivity index (χ2v) is 6.83. The van der Waals surface area contributed by atoms with Gasteiger partial charge in [0.1, 0.15) is 5.82 Å². The molecule has 0 atom stereocenters. The van der Waals surface area contributed by atoms with Crippen molar-refractivity contribution in [2.75, 3.05) is 0 Å². The van der Waals surface area contributed by atoms with Crippen LogP contribution in [0.25, 0.3) is 22.4 Å². The molecule has 1 heterocycles. The molecular formula is C23H23N3. The summed E-state index contributed by atoms with van der Waals surface area (Å²) < 4.78 is 2.31. The Morgan fingerprint density at radius 2 is 1.54 bits per heavy atom. The van der Waals surface area contributed by atoms with Gasteiger partial charge in [-0.15, -0.1) is 0 Å². The molecule has 0 spiro atoms. The van der Waals surface area contributed by atoms with Crippen molar-refractivity contribution in [2.45, 2.75) is 26.9 Å². The van der Waals surface area contributed by atoms with E-state index in [0.717, 1.165) is 29.0 Å². The topological polar surface area (TPSA) is 43.8 Å². The van der Waals surface area contributed by atoms with Crippen LogP contribution in [0.15, 0.2) is 66.7 Å². The minimum absolute atomic E-state index is 0.555. The minimum Gasteiger partial charge on any atom is -0.326 e. The van der Waals surface area contributed by atoms with Gasteiger partial charge in [0.05, 0.1) is 11.0 Å². The summed E-state index contributed by atoms with van der Waals surface area (Å²) in [6.45, 7) is 5.65. The number of aromatic nitrogens is 2. The molecule has 26 heavy (non-hydrogen) atoms. The van der Waals surface area contributed by atoms with Crippen molar-refractivity contribution >= 4 is 11.0 Å². The van der Waals surface area contributed by atoms with Gasteiger partial charge in [-0.05, 0) is 48.2 Å². The quantitative estimate of drug-likeness (QED) is 0.578. The van der Waals surface area contributed by atoms with Gasteiger partial charge in [0.2, 0.25) is 0 Å². The van der Waals surface area contributed by atoms with E-state index in [2.05, 4.69) is 85.1 Å². The fourth-order valence-electron chi connectivity index (χ4n) is 3.32. The third-order valence-electron chi connectivity index (χ3n) is 5.00. The van der Waals surface area contributed by atoms with Crippen LogP contribution >= 0.6 is 0 Å². The molecule has 0 amide bonds. The molecule has 4 rings (SSSR count). The van der Waals surface area contributed by atoms with Crippen molar-refractivity contribution in [1.29, 1.82) is 0 Å². The lowest BCUT2D eigenvalue weighted by Crippen LogP contribution is -2.03. The zero-order valence-electron chi connectivity index (χ0n) is 15.2. The first-order valence-electron chi connectivity index (χ1n) is 8.96. The summed E-state index contributed by atoms with van der Waals surface area (Å²) in [5.41, 5.74) is 14.0. The Balaban J connectivity index is 1.90. The Morgan fingerprint density at radius 3 is 2.23 bits per heavy atom. The van der Waals surface area contributed by atoms with Gasteiger partial charge in [-0.25, -0.2) is 4.98 Å². The fraction of sp³-hybridized carbons (Fsp3) is 0.174. The number of nitrogens with two attached hydrogens (primary N) is 1. The predicted octanol–water partition coefficient (Wildman–Crippen LogP) is 4.83. The highest BCUT2D eigenvalue weighted by atomic mass is 15.1. The summed E-state index contributed by atoms with van der Waals surface area (Å²) in [5, 5.41) is 0. The van der Waals surface area contributed by atoms with Crippen molar-refractivity contribution < 1.29 is 0 Å². The molecule has 0 unspecified atom stereocenters. The Labute approximate surface area is 154 Å². The van der Waals surface area contributed by atoms with Crippen molar-refractivity contribution in [2.24, 2.45) is 5.73 Å². The third-order valence-corrected chi connectivity index (χ3v) is 5.00. The van der Waals surface area contributed by atoms with Crippen LogP contribution in [0.5, 0.6) is 0 Å². The summed E-state index contributed by atoms with van der Waals surface area (Å²) in [7, 11) is 0. The van der Waals surface area contributed by atoms with Crippen molar-refractivity contribution in [1.82, 2.24) is 9.55 Å². The van der Waals surface area contributed by atoms with E-state index in [9.17, 15) is 0 Å². The zero-order valence-corrected chi connectivity index (χ0v) is 15.2. The molecule has 0 saturated heterocycles. The van der Waals surface area contributed by atoms with Gasteiger partial charge in [-0.1, -0.05) is 54.6 Å². The number of hydrogen-bond acceptors (Lipinski definition) is 2. The first-order chi connectivity index (χ1) is 12.7. The Kier molecular flexibility index (Phi) is 4.31. The number of hydrogen-bond donors (Lipinski definition) is 1. The Morgan fingerprint density at radius 1 is 0.846 bits per heavy atom. The SMILES string of the molecule is Cc1cc2nc(-c3ccc(CN)cc3)n(Cc3ccccc3)c2cc1C. The largest absolute Gasteiger partial charge is 0.326 e. The maximum Gasteiger partial charge on any atom is 0.141 e. The second-order valence-electron chi connectivity index (χ2n) is 6.83. The molecular weight excluding hydrogens is 318 g/mol. The van der Waals surface area contributed by atoms with Crippen molar-refractivity contribution in [3.05, 3.63) is 89.0 Å². The predicted molar refractivity (Wildman–Crippen MR) is 108 cm³/mol. The lowest BCUT2D eigenvalue weighted by atomic mass is 10.1. The highest BCUT2D eigenvalue weighted by Gasteiger charge is 2.14. The van der Waals surface area contributed by atoms with Gasteiger partial charge < -0.3 is 10.3 Å². The molecule has 3 heteroatoms. The number of fused-ring (bicyclic) bond motifs is 1. The third kappa shape index (κ3) is 3.02. The molecule has 3 nitrogen and oxygen atoms in total. The standard InChI is InChI=1S/C23H23N3/c1-16-12-21-22(13-17(16)2)26(15-19-6-4-3-5-7-19)23(25-21)20-10-8-18(14-24)9-11-20/h3-13H,14-15,24H2,1-2H3. The Bertz CT molecular complexity index is 1040. The van der Waals surface area contributed by atoms with E-state index in [1.165, 1.54) is 22.2 Å². The van der Waals surface area contributed by atoms with E-state index in [-0.39, 0.29) is 0 Å². The summed E-state index contributed by atoms with van der Waals surface area (Å²) >= 11 is 0. The maximum atomic E-state index is 5.74. The van der Waals surface area contributed by atoms with E-state index >= 15 is 0 Å². The molecule has 2 N–H and O–H groups in total. The van der Waals surface area contributed by atoms with E-state index in [1.54, 1.807) is 0 Å². The van der Waals surface area contributed by atoms with Crippen LogP contribution in [0.1, 0.15) is 22.3 Å². The van der Waals surface area contributed by atoms with Crippen LogP contribution in [0.2, 0.25) is 0 Å². The van der Waals surface area contributed by atoms with Gasteiger partial charge in [0, 0.05) is 18.7 Å². The highest BCUT2D eigenvalue weighted by Crippen LogP contribution is 2.28. The smallest absolute Gasteiger partial charge is 0.141 e. The molecule has 0 aliphatic heterocycles. The number of benzene rings is 3. The maximum absolute atomic E-state index is 5.74. The number of nitrogens with zero attached hydrogens (tertiary/aromatic N) is 2. The second kappa shape index (κ2) is 6.77. The van der Waals surface area contributed by atoms with E-state index in [1.807, 2.05) is 0 Å². The molecule has 130 valence electrons. The summed E-state index contributed by atoms with van der Waals surface area (Å²) in [6.07, 6.45) is 0. The fourth-order valence-corrected chi connectivity index (χ4v) is 3.32. The van der Waals surface area contributed by atoms with Crippen LogP contribution in [0, 0.1) is 13.8 Å². The average molecular weight is 341 g/mol. The summed E-state index contributed by atoms with van der Waals surface area (Å²) in [4.78, 5) is 4.97. The van der Waals surface area contributed by atoms with Crippen LogP contribution in [0.3, 0.4) is 0 Å². The first kappa shape index (κ1) is 16.6. The van der Waals surface area contributed by atoms with E-state index in [4.69, 9.17) is 10.7 Å². The van der Waals surface area contributed by atoms with E-state index in [0.29, 0.717) is 6.54 Å². The molecule has 3 aromatic carbocycles. The number of aryl methyl sites for hydroxylation is 2. The van der Waals surface area contributed by atoms with Gasteiger partial charge in [-0.3, -0.25) is 0 Å². The first-order valence-corrected chi connectivity index (χ1v) is 8.96. The molecule has 0 radical (unpaired) electrons. The van der Waals surface area contributed by atoms with Crippen LogP contribution in [0.4, 0.5) is 0 Å². The lowest BCUT2D eigenvalue weighted by Gasteiger charge is -2.11. The van der Waals surface area contributed by atoms with Gasteiger partial charge in [0.25, 0.3) is 0 Å². The van der Waals surface area contributed by atoms with Crippen molar-refractivity contribution in [3.63, 3.8) is 0 Å². The normalized spacial score (nSPS) is 11.2. The van der Waals surface area contributed by atoms with Crippen LogP contribution < -0.4 is 5.73 Å². The average Bonchev–Trinajstić information content (AvgIpc) is 3.00. The number of rotatable bonds is 4. The number of imidazole rings is 1. The van der Waals surface area contributed by atoms with Gasteiger partial charge in [-0.2, -0.15) is 0 Å². The molecule has 4 aromatic rings. The van der Waals surface area contributed by atoms with Crippen molar-refractivity contribution in [3.8, 4) is 11.4 Å². The molecule has 0 aliphatic rings. The molecule has 0 fully saturated rings. The molecule has 0 aliphatic carbocycles.